The van der Waals surface area contributed by atoms with Crippen LogP contribution in [0.3, 0.4) is 0 Å². The lowest BCUT2D eigenvalue weighted by Crippen LogP contribution is -2.30. The molecule has 1 saturated carbocycles. The molecule has 0 bridgehead atoms. The van der Waals surface area contributed by atoms with Crippen LogP contribution in [0.4, 0.5) is 0 Å². The zero-order chi connectivity index (χ0) is 9.97. The Hall–Kier alpha value is -0.920. The molecule has 0 saturated heterocycles. The Labute approximate surface area is 86.3 Å². The summed E-state index contributed by atoms with van der Waals surface area (Å²) in [6, 6.07) is 5.03. The quantitative estimate of drug-likeness (QED) is 0.762. The third kappa shape index (κ3) is 1.94. The average Bonchev–Trinajstić information content (AvgIpc) is 2.51. The van der Waals surface area contributed by atoms with E-state index in [1.807, 2.05) is 0 Å². The fraction of sp³-hybridized carbons (Fsp3) is 0.667. The number of hydrogen-bond donors (Lipinski definition) is 1. The predicted molar refractivity (Wildman–Crippen MR) is 60.1 cm³/mol. The molecular weight excluding hydrogens is 172 g/mol. The van der Waals surface area contributed by atoms with Crippen LogP contribution in [0.2, 0.25) is 0 Å². The minimum atomic E-state index is 0.688. The molecular formula is C12H20N2. The van der Waals surface area contributed by atoms with Crippen molar-refractivity contribution in [2.24, 2.45) is 0 Å². The van der Waals surface area contributed by atoms with Crippen molar-refractivity contribution < 1.29 is 0 Å². The summed E-state index contributed by atoms with van der Waals surface area (Å²) in [5.74, 6) is 0. The minimum absolute atomic E-state index is 0.688. The van der Waals surface area contributed by atoms with Gasteiger partial charge in [-0.05, 0) is 38.8 Å². The van der Waals surface area contributed by atoms with Gasteiger partial charge in [-0.25, -0.2) is 0 Å². The van der Waals surface area contributed by atoms with E-state index in [9.17, 15) is 0 Å². The number of aryl methyl sites for hydroxylation is 2. The van der Waals surface area contributed by atoms with Gasteiger partial charge in [0.2, 0.25) is 0 Å². The first-order valence-electron chi connectivity index (χ1n) is 5.69. The summed E-state index contributed by atoms with van der Waals surface area (Å²) in [5.41, 5.74) is 6.24. The molecule has 0 aromatic carbocycles. The summed E-state index contributed by atoms with van der Waals surface area (Å²) < 4.78 is 2.23. The van der Waals surface area contributed by atoms with E-state index in [0.717, 1.165) is 0 Å². The van der Waals surface area contributed by atoms with E-state index in [1.165, 1.54) is 43.5 Å². The molecule has 0 aliphatic heterocycles. The Morgan fingerprint density at radius 2 is 1.64 bits per heavy atom. The van der Waals surface area contributed by atoms with Crippen molar-refractivity contribution in [2.45, 2.75) is 52.0 Å². The van der Waals surface area contributed by atoms with Crippen LogP contribution in [0.1, 0.15) is 43.5 Å². The molecule has 1 heterocycles. The molecule has 0 spiro atoms. The number of nitrogens with zero attached hydrogens (tertiary/aromatic N) is 1. The molecule has 0 radical (unpaired) electrons. The Kier molecular flexibility index (Phi) is 2.80. The summed E-state index contributed by atoms with van der Waals surface area (Å²) in [7, 11) is 0. The van der Waals surface area contributed by atoms with E-state index in [-0.39, 0.29) is 0 Å². The van der Waals surface area contributed by atoms with Crippen LogP contribution in [-0.4, -0.2) is 10.7 Å². The summed E-state index contributed by atoms with van der Waals surface area (Å²) >= 11 is 0. The van der Waals surface area contributed by atoms with E-state index >= 15 is 0 Å². The monoisotopic (exact) mass is 192 g/mol. The molecule has 1 aromatic rings. The normalized spacial score (nSPS) is 18.4. The SMILES string of the molecule is Cc1ccc(C)n1NC1CCCCC1. The molecule has 2 rings (SSSR count). The van der Waals surface area contributed by atoms with Crippen LogP contribution in [0.25, 0.3) is 0 Å². The minimum Gasteiger partial charge on any atom is -0.323 e. The molecule has 1 fully saturated rings. The van der Waals surface area contributed by atoms with E-state index < -0.39 is 0 Å². The maximum Gasteiger partial charge on any atom is 0.0424 e. The largest absolute Gasteiger partial charge is 0.323 e. The highest BCUT2D eigenvalue weighted by molar-refractivity contribution is 5.15. The van der Waals surface area contributed by atoms with Gasteiger partial charge in [0.25, 0.3) is 0 Å². The van der Waals surface area contributed by atoms with Gasteiger partial charge in [-0.3, -0.25) is 4.68 Å². The number of hydrogen-bond acceptors (Lipinski definition) is 1. The van der Waals surface area contributed by atoms with Gasteiger partial charge in [0.1, 0.15) is 0 Å². The van der Waals surface area contributed by atoms with Gasteiger partial charge in [0.05, 0.1) is 0 Å². The summed E-state index contributed by atoms with van der Waals surface area (Å²) in [5, 5.41) is 0. The summed E-state index contributed by atoms with van der Waals surface area (Å²) in [6.45, 7) is 4.31. The third-order valence-corrected chi connectivity index (χ3v) is 3.19. The summed E-state index contributed by atoms with van der Waals surface area (Å²) in [4.78, 5) is 0. The molecule has 0 atom stereocenters. The standard InChI is InChI=1S/C12H20N2/c1-10-8-9-11(2)14(10)13-12-6-4-3-5-7-12/h8-9,12-13H,3-7H2,1-2H3. The molecule has 0 amide bonds. The van der Waals surface area contributed by atoms with Gasteiger partial charge in [-0.15, -0.1) is 0 Å². The van der Waals surface area contributed by atoms with E-state index in [0.29, 0.717) is 6.04 Å². The zero-order valence-corrected chi connectivity index (χ0v) is 9.21. The Bertz CT molecular complexity index is 276. The molecule has 1 aliphatic rings. The highest BCUT2D eigenvalue weighted by Crippen LogP contribution is 2.19. The Morgan fingerprint density at radius 3 is 2.21 bits per heavy atom. The lowest BCUT2D eigenvalue weighted by atomic mass is 9.96. The van der Waals surface area contributed by atoms with Gasteiger partial charge in [0, 0.05) is 17.4 Å². The Balaban J connectivity index is 2.02. The van der Waals surface area contributed by atoms with Crippen LogP contribution < -0.4 is 5.43 Å². The van der Waals surface area contributed by atoms with Crippen molar-refractivity contribution in [2.75, 3.05) is 5.43 Å². The molecule has 0 unspecified atom stereocenters. The first kappa shape index (κ1) is 9.63. The van der Waals surface area contributed by atoms with E-state index in [4.69, 9.17) is 0 Å². The first-order chi connectivity index (χ1) is 6.77. The molecule has 1 aliphatic carbocycles. The highest BCUT2D eigenvalue weighted by atomic mass is 15.4. The van der Waals surface area contributed by atoms with Gasteiger partial charge in [-0.2, -0.15) is 0 Å². The second kappa shape index (κ2) is 4.07. The highest BCUT2D eigenvalue weighted by Gasteiger charge is 2.13. The zero-order valence-electron chi connectivity index (χ0n) is 9.21. The van der Waals surface area contributed by atoms with Crippen LogP contribution >= 0.6 is 0 Å². The first-order valence-corrected chi connectivity index (χ1v) is 5.69. The van der Waals surface area contributed by atoms with Crippen molar-refractivity contribution in [3.05, 3.63) is 23.5 Å². The van der Waals surface area contributed by atoms with Crippen LogP contribution in [-0.2, 0) is 0 Å². The maximum absolute atomic E-state index is 3.61. The second-order valence-electron chi connectivity index (χ2n) is 4.42. The second-order valence-corrected chi connectivity index (χ2v) is 4.42. The van der Waals surface area contributed by atoms with E-state index in [2.05, 4.69) is 36.1 Å². The molecule has 14 heavy (non-hydrogen) atoms. The number of nitrogens with one attached hydrogen (secondary N) is 1. The Morgan fingerprint density at radius 1 is 1.07 bits per heavy atom. The lowest BCUT2D eigenvalue weighted by Gasteiger charge is -2.26. The van der Waals surface area contributed by atoms with Gasteiger partial charge < -0.3 is 5.43 Å². The fourth-order valence-corrected chi connectivity index (χ4v) is 2.29. The molecule has 1 aromatic heterocycles. The van der Waals surface area contributed by atoms with Crippen molar-refractivity contribution in [3.63, 3.8) is 0 Å². The number of rotatable bonds is 2. The van der Waals surface area contributed by atoms with Crippen LogP contribution in [0.15, 0.2) is 12.1 Å². The van der Waals surface area contributed by atoms with Gasteiger partial charge in [0.15, 0.2) is 0 Å². The van der Waals surface area contributed by atoms with E-state index in [1.54, 1.807) is 0 Å². The molecule has 78 valence electrons. The molecule has 2 nitrogen and oxygen atoms in total. The van der Waals surface area contributed by atoms with Crippen molar-refractivity contribution in [1.29, 1.82) is 0 Å². The van der Waals surface area contributed by atoms with Crippen LogP contribution in [0.5, 0.6) is 0 Å². The van der Waals surface area contributed by atoms with Crippen LogP contribution in [0, 0.1) is 13.8 Å². The lowest BCUT2D eigenvalue weighted by molar-refractivity contribution is 0.435. The molecule has 1 N–H and O–H groups in total. The van der Waals surface area contributed by atoms with Crippen molar-refractivity contribution in [3.8, 4) is 0 Å². The molecule has 2 heteroatoms. The van der Waals surface area contributed by atoms with Gasteiger partial charge >= 0.3 is 0 Å². The summed E-state index contributed by atoms with van der Waals surface area (Å²) in [6.07, 6.45) is 6.85. The predicted octanol–water partition coefficient (Wildman–Crippen LogP) is 2.98. The maximum atomic E-state index is 3.61. The smallest absolute Gasteiger partial charge is 0.0424 e. The van der Waals surface area contributed by atoms with Crippen molar-refractivity contribution >= 4 is 0 Å². The average molecular weight is 192 g/mol. The third-order valence-electron chi connectivity index (χ3n) is 3.19. The van der Waals surface area contributed by atoms with Crippen molar-refractivity contribution in [1.82, 2.24) is 4.68 Å². The number of aromatic nitrogens is 1. The topological polar surface area (TPSA) is 17.0 Å². The fourth-order valence-electron chi connectivity index (χ4n) is 2.29. The van der Waals surface area contributed by atoms with Gasteiger partial charge in [-0.1, -0.05) is 19.3 Å².